The van der Waals surface area contributed by atoms with E-state index < -0.39 is 23.7 Å². The fourth-order valence-electron chi connectivity index (χ4n) is 1.41. The summed E-state index contributed by atoms with van der Waals surface area (Å²) in [5, 5.41) is 8.65. The van der Waals surface area contributed by atoms with E-state index in [4.69, 9.17) is 16.7 Å². The summed E-state index contributed by atoms with van der Waals surface area (Å²) in [6.45, 7) is -0.380. The number of hydrogen-bond donors (Lipinski definition) is 1. The molecule has 1 heterocycles. The summed E-state index contributed by atoms with van der Waals surface area (Å²) in [6, 6.07) is -0.634. The Morgan fingerprint density at radius 3 is 2.79 bits per heavy atom. The second-order valence-corrected chi connectivity index (χ2v) is 3.28. The molecule has 0 aromatic rings. The van der Waals surface area contributed by atoms with Crippen LogP contribution in [0.5, 0.6) is 0 Å². The summed E-state index contributed by atoms with van der Waals surface area (Å²) in [5.74, 6) is 0. The Kier molecular flexibility index (Phi) is 3.51. The number of carbonyl (C=O) groups excluding carboxylic acids is 1. The SMILES string of the molecule is O=C(Cl)OC[C@@H]1C[C@H](F)CN1C(=O)O. The minimum atomic E-state index is -1.22. The highest BCUT2D eigenvalue weighted by Gasteiger charge is 2.35. The van der Waals surface area contributed by atoms with Crippen LogP contribution in [0, 0.1) is 0 Å². The molecule has 0 bridgehead atoms. The van der Waals surface area contributed by atoms with Crippen molar-refractivity contribution in [1.82, 2.24) is 4.90 Å². The maximum atomic E-state index is 12.8. The van der Waals surface area contributed by atoms with Gasteiger partial charge in [-0.05, 0) is 0 Å². The van der Waals surface area contributed by atoms with Crippen molar-refractivity contribution in [2.24, 2.45) is 0 Å². The predicted molar refractivity (Wildman–Crippen MR) is 45.2 cm³/mol. The third-order valence-electron chi connectivity index (χ3n) is 2.00. The van der Waals surface area contributed by atoms with Gasteiger partial charge in [0.2, 0.25) is 0 Å². The number of carboxylic acid groups (broad SMARTS) is 1. The van der Waals surface area contributed by atoms with Crippen LogP contribution in [0.2, 0.25) is 0 Å². The number of alkyl halides is 1. The van der Waals surface area contributed by atoms with E-state index in [1.807, 2.05) is 0 Å². The van der Waals surface area contributed by atoms with Gasteiger partial charge in [0.1, 0.15) is 12.8 Å². The molecule has 0 spiro atoms. The number of rotatable bonds is 2. The number of halogens is 2. The first kappa shape index (κ1) is 11.0. The van der Waals surface area contributed by atoms with Crippen LogP contribution in [0.1, 0.15) is 6.42 Å². The van der Waals surface area contributed by atoms with E-state index >= 15 is 0 Å². The van der Waals surface area contributed by atoms with Crippen molar-refractivity contribution in [2.75, 3.05) is 13.2 Å². The molecular weight excluding hydrogens is 217 g/mol. The molecular formula is C7H9ClFNO4. The first-order valence-corrected chi connectivity index (χ1v) is 4.34. The van der Waals surface area contributed by atoms with Crippen molar-refractivity contribution in [3.63, 3.8) is 0 Å². The average Bonchev–Trinajstić information content (AvgIpc) is 2.43. The highest BCUT2D eigenvalue weighted by Crippen LogP contribution is 2.20. The molecule has 0 aliphatic carbocycles. The van der Waals surface area contributed by atoms with Crippen LogP contribution < -0.4 is 0 Å². The number of ether oxygens (including phenoxy) is 1. The molecule has 0 aromatic carbocycles. The second-order valence-electron chi connectivity index (χ2n) is 2.97. The summed E-state index contributed by atoms with van der Waals surface area (Å²) in [5.41, 5.74) is -1.02. The van der Waals surface area contributed by atoms with E-state index in [9.17, 15) is 14.0 Å². The average molecular weight is 226 g/mol. The topological polar surface area (TPSA) is 66.8 Å². The van der Waals surface area contributed by atoms with Gasteiger partial charge in [-0.15, -0.1) is 0 Å². The van der Waals surface area contributed by atoms with E-state index in [2.05, 4.69) is 4.74 Å². The molecule has 1 aliphatic rings. The van der Waals surface area contributed by atoms with E-state index in [0.717, 1.165) is 4.90 Å². The standard InChI is InChI=1S/C7H9ClFNO4/c8-6(11)14-3-5-1-4(9)2-10(5)7(12)13/h4-5H,1-3H2,(H,12,13)/t4-,5-/m0/s1. The molecule has 2 atom stereocenters. The monoisotopic (exact) mass is 225 g/mol. The lowest BCUT2D eigenvalue weighted by Gasteiger charge is -2.19. The van der Waals surface area contributed by atoms with Crippen molar-refractivity contribution in [1.29, 1.82) is 0 Å². The highest BCUT2D eigenvalue weighted by molar-refractivity contribution is 6.61. The van der Waals surface area contributed by atoms with Gasteiger partial charge in [0, 0.05) is 18.0 Å². The zero-order valence-corrected chi connectivity index (χ0v) is 7.91. The first-order chi connectivity index (χ1) is 6.50. The Balaban J connectivity index is 2.49. The highest BCUT2D eigenvalue weighted by atomic mass is 35.5. The van der Waals surface area contributed by atoms with Gasteiger partial charge in [0.25, 0.3) is 0 Å². The summed E-state index contributed by atoms with van der Waals surface area (Å²) in [7, 11) is 0. The first-order valence-electron chi connectivity index (χ1n) is 3.96. The quantitative estimate of drug-likeness (QED) is 0.723. The number of likely N-dealkylation sites (tertiary alicyclic amines) is 1. The van der Waals surface area contributed by atoms with Crippen LogP contribution in [-0.2, 0) is 4.74 Å². The molecule has 0 unspecified atom stereocenters. The lowest BCUT2D eigenvalue weighted by Crippen LogP contribution is -2.37. The number of amides is 1. The van der Waals surface area contributed by atoms with Crippen molar-refractivity contribution in [3.05, 3.63) is 0 Å². The van der Waals surface area contributed by atoms with E-state index in [1.54, 1.807) is 0 Å². The van der Waals surface area contributed by atoms with Crippen molar-refractivity contribution >= 4 is 23.1 Å². The van der Waals surface area contributed by atoms with Gasteiger partial charge in [-0.2, -0.15) is 0 Å². The van der Waals surface area contributed by atoms with Gasteiger partial charge in [0.15, 0.2) is 0 Å². The molecule has 1 aliphatic heterocycles. The molecule has 1 N–H and O–H groups in total. The molecule has 0 saturated carbocycles. The fourth-order valence-corrected chi connectivity index (χ4v) is 1.48. The zero-order valence-electron chi connectivity index (χ0n) is 7.15. The number of nitrogens with zero attached hydrogens (tertiary/aromatic N) is 1. The molecule has 1 amide bonds. The lowest BCUT2D eigenvalue weighted by molar-refractivity contribution is 0.107. The Morgan fingerprint density at radius 1 is 1.64 bits per heavy atom. The fraction of sp³-hybridized carbons (Fsp3) is 0.714. The Labute approximate surface area is 84.4 Å². The Bertz CT molecular complexity index is 250. The maximum Gasteiger partial charge on any atom is 0.407 e. The van der Waals surface area contributed by atoms with Gasteiger partial charge in [0.05, 0.1) is 12.6 Å². The number of hydrogen-bond acceptors (Lipinski definition) is 3. The van der Waals surface area contributed by atoms with Gasteiger partial charge < -0.3 is 9.84 Å². The lowest BCUT2D eigenvalue weighted by atomic mass is 10.2. The zero-order chi connectivity index (χ0) is 10.7. The van der Waals surface area contributed by atoms with Gasteiger partial charge in [-0.1, -0.05) is 0 Å². The molecule has 1 rings (SSSR count). The predicted octanol–water partition coefficient (Wildman–Crippen LogP) is 1.45. The van der Waals surface area contributed by atoms with Crippen molar-refractivity contribution < 1.29 is 23.8 Å². The van der Waals surface area contributed by atoms with Crippen LogP contribution in [0.15, 0.2) is 0 Å². The molecule has 0 radical (unpaired) electrons. The molecule has 80 valence electrons. The minimum absolute atomic E-state index is 0.0382. The molecule has 5 nitrogen and oxygen atoms in total. The van der Waals surface area contributed by atoms with E-state index in [1.165, 1.54) is 0 Å². The van der Waals surface area contributed by atoms with E-state index in [0.29, 0.717) is 0 Å². The third-order valence-corrected chi connectivity index (χ3v) is 2.11. The third kappa shape index (κ3) is 2.73. The largest absolute Gasteiger partial charge is 0.465 e. The molecule has 14 heavy (non-hydrogen) atoms. The van der Waals surface area contributed by atoms with Gasteiger partial charge in [-0.25, -0.2) is 14.0 Å². The normalized spacial score (nSPS) is 26.3. The number of carbonyl (C=O) groups is 2. The van der Waals surface area contributed by atoms with E-state index in [-0.39, 0.29) is 19.6 Å². The van der Waals surface area contributed by atoms with Crippen molar-refractivity contribution in [3.8, 4) is 0 Å². The smallest absolute Gasteiger partial charge is 0.407 e. The maximum absolute atomic E-state index is 12.8. The summed E-state index contributed by atoms with van der Waals surface area (Å²) in [4.78, 5) is 21.7. The molecule has 7 heteroatoms. The molecule has 1 saturated heterocycles. The van der Waals surface area contributed by atoms with Crippen LogP contribution >= 0.6 is 11.6 Å². The van der Waals surface area contributed by atoms with Gasteiger partial charge >= 0.3 is 11.5 Å². The molecule has 1 fully saturated rings. The molecule has 0 aromatic heterocycles. The summed E-state index contributed by atoms with van der Waals surface area (Å²) in [6.07, 6.45) is -2.39. The van der Waals surface area contributed by atoms with Crippen LogP contribution in [-0.4, -0.2) is 46.9 Å². The van der Waals surface area contributed by atoms with Crippen LogP contribution in [0.25, 0.3) is 0 Å². The van der Waals surface area contributed by atoms with Crippen LogP contribution in [0.3, 0.4) is 0 Å². The summed E-state index contributed by atoms with van der Waals surface area (Å²) < 4.78 is 17.2. The Morgan fingerprint density at radius 2 is 2.29 bits per heavy atom. The minimum Gasteiger partial charge on any atom is -0.465 e. The van der Waals surface area contributed by atoms with Crippen LogP contribution in [0.4, 0.5) is 14.0 Å². The summed E-state index contributed by atoms with van der Waals surface area (Å²) >= 11 is 4.90. The second kappa shape index (κ2) is 4.45. The Hall–Kier alpha value is -1.04. The van der Waals surface area contributed by atoms with Crippen molar-refractivity contribution in [2.45, 2.75) is 18.6 Å². The van der Waals surface area contributed by atoms with Gasteiger partial charge in [-0.3, -0.25) is 4.90 Å².